The van der Waals surface area contributed by atoms with Crippen molar-refractivity contribution in [3.8, 4) is 17.2 Å². The number of likely N-dealkylation sites (tertiary alicyclic amines) is 2. The number of pyridine rings is 1. The molecule has 2 fully saturated rings. The number of aromatic hydroxyl groups is 1. The number of phenols is 1. The molecule has 2 amide bonds. The van der Waals surface area contributed by atoms with Gasteiger partial charge in [0.2, 0.25) is 5.56 Å². The maximum atomic E-state index is 13.8. The Hall–Kier alpha value is -7.00. The zero-order valence-electron chi connectivity index (χ0n) is 39.0. The smallest absolute Gasteiger partial charge is 0.317 e. The van der Waals surface area contributed by atoms with Gasteiger partial charge in [0.15, 0.2) is 6.61 Å². The third-order valence-electron chi connectivity index (χ3n) is 13.3. The van der Waals surface area contributed by atoms with Gasteiger partial charge in [0, 0.05) is 61.8 Å². The topological polar surface area (TPSA) is 183 Å². The number of aliphatic hydroxyl groups excluding tert-OH is 1. The van der Waals surface area contributed by atoms with E-state index >= 15 is 0 Å². The van der Waals surface area contributed by atoms with E-state index in [2.05, 4.69) is 44.8 Å². The van der Waals surface area contributed by atoms with E-state index in [-0.39, 0.29) is 53.7 Å². The number of hydrogen-bond donors (Lipinski definition) is 5. The number of aliphatic hydroxyl groups is 1. The molecule has 1 unspecified atom stereocenters. The van der Waals surface area contributed by atoms with Crippen molar-refractivity contribution >= 4 is 28.7 Å². The van der Waals surface area contributed by atoms with Crippen molar-refractivity contribution in [3.63, 3.8) is 0 Å². The number of carbonyl (C=O) groups is 3. The van der Waals surface area contributed by atoms with E-state index in [1.54, 1.807) is 35.2 Å². The predicted octanol–water partition coefficient (Wildman–Crippen LogP) is 6.70. The first-order chi connectivity index (χ1) is 33.6. The summed E-state index contributed by atoms with van der Waals surface area (Å²) in [4.78, 5) is 59.1. The highest BCUT2D eigenvalue weighted by Gasteiger charge is 2.28. The average molecular weight is 936 g/mol. The number of amides is 2. The molecule has 0 saturated carbocycles. The summed E-state index contributed by atoms with van der Waals surface area (Å²) in [6, 6.07) is 38.7. The van der Waals surface area contributed by atoms with Gasteiger partial charge in [-0.25, -0.2) is 0 Å². The molecule has 14 nitrogen and oxygen atoms in total. The summed E-state index contributed by atoms with van der Waals surface area (Å²) >= 11 is 0. The van der Waals surface area contributed by atoms with E-state index in [1.807, 2.05) is 60.7 Å². The summed E-state index contributed by atoms with van der Waals surface area (Å²) in [6.07, 6.45) is 2.48. The van der Waals surface area contributed by atoms with Crippen LogP contribution in [0.4, 0.5) is 0 Å². The fourth-order valence-corrected chi connectivity index (χ4v) is 9.33. The van der Waals surface area contributed by atoms with Crippen LogP contribution in [0.3, 0.4) is 0 Å². The molecule has 5 aromatic carbocycles. The van der Waals surface area contributed by atoms with Gasteiger partial charge in [0.1, 0.15) is 23.2 Å². The molecule has 0 bridgehead atoms. The van der Waals surface area contributed by atoms with Crippen molar-refractivity contribution < 1.29 is 38.8 Å². The number of rotatable bonds is 19. The lowest BCUT2D eigenvalue weighted by molar-refractivity contribution is -0.146. The predicted molar refractivity (Wildman–Crippen MR) is 263 cm³/mol. The number of hydrogen-bond acceptors (Lipinski definition) is 11. The molecule has 0 radical (unpaired) electrons. The van der Waals surface area contributed by atoms with Crippen LogP contribution in [0.1, 0.15) is 75.9 Å². The quantitative estimate of drug-likeness (QED) is 0.0546. The molecule has 8 rings (SSSR count). The van der Waals surface area contributed by atoms with Crippen LogP contribution in [0.15, 0.2) is 132 Å². The molecule has 0 aliphatic carbocycles. The third-order valence-corrected chi connectivity index (χ3v) is 13.3. The molecular weight excluding hydrogens is 875 g/mol. The summed E-state index contributed by atoms with van der Waals surface area (Å²) in [5, 5.41) is 28.0. The number of carbonyl (C=O) groups excluding carboxylic acids is 3. The normalized spacial score (nSPS) is 15.6. The second-order valence-electron chi connectivity index (χ2n) is 18.0. The van der Waals surface area contributed by atoms with Crippen LogP contribution < -0.4 is 25.7 Å². The fourth-order valence-electron chi connectivity index (χ4n) is 9.33. The number of nitrogens with one attached hydrogen (secondary N) is 3. The first-order valence-electron chi connectivity index (χ1n) is 23.8. The van der Waals surface area contributed by atoms with Gasteiger partial charge in [0.25, 0.3) is 11.8 Å². The molecule has 2 atom stereocenters. The molecule has 3 heterocycles. The minimum Gasteiger partial charge on any atom is -0.506 e. The van der Waals surface area contributed by atoms with Gasteiger partial charge in [-0.3, -0.25) is 24.1 Å². The van der Waals surface area contributed by atoms with Crippen molar-refractivity contribution in [2.24, 2.45) is 11.8 Å². The number of aromatic amines is 1. The molecule has 360 valence electrons. The molecule has 0 spiro atoms. The number of H-pyrrole nitrogens is 1. The van der Waals surface area contributed by atoms with Crippen LogP contribution in [0.2, 0.25) is 0 Å². The number of nitrogens with zero attached hydrogens (tertiary/aromatic N) is 2. The summed E-state index contributed by atoms with van der Waals surface area (Å²) in [7, 11) is 1.54. The minimum atomic E-state index is -0.925. The zero-order valence-corrected chi connectivity index (χ0v) is 39.0. The van der Waals surface area contributed by atoms with E-state index in [9.17, 15) is 29.4 Å². The number of benzene rings is 5. The molecule has 2 saturated heterocycles. The summed E-state index contributed by atoms with van der Waals surface area (Å²) in [6.45, 7) is 5.19. The van der Waals surface area contributed by atoms with Gasteiger partial charge in [-0.15, -0.1) is 0 Å². The Kier molecular flexibility index (Phi) is 16.4. The number of aromatic nitrogens is 1. The first kappa shape index (κ1) is 48.5. The Morgan fingerprint density at radius 3 is 2.28 bits per heavy atom. The summed E-state index contributed by atoms with van der Waals surface area (Å²) < 4.78 is 17.7. The lowest BCUT2D eigenvalue weighted by atomic mass is 9.91. The molecule has 69 heavy (non-hydrogen) atoms. The molecule has 1 aromatic heterocycles. The maximum Gasteiger partial charge on any atom is 0.317 e. The number of methoxy groups -OCH3 is 1. The number of esters is 1. The highest BCUT2D eigenvalue weighted by Crippen LogP contribution is 2.31. The van der Waals surface area contributed by atoms with Gasteiger partial charge >= 0.3 is 5.97 Å². The van der Waals surface area contributed by atoms with Crippen LogP contribution in [0.25, 0.3) is 10.9 Å². The van der Waals surface area contributed by atoms with Gasteiger partial charge in [-0.1, -0.05) is 84.9 Å². The van der Waals surface area contributed by atoms with Crippen LogP contribution >= 0.6 is 0 Å². The average Bonchev–Trinajstić information content (AvgIpc) is 3.38. The van der Waals surface area contributed by atoms with Crippen LogP contribution in [-0.2, 0) is 27.4 Å². The highest BCUT2D eigenvalue weighted by molar-refractivity contribution is 5.94. The van der Waals surface area contributed by atoms with E-state index in [4.69, 9.17) is 14.2 Å². The SMILES string of the molecule is COc1cc(C(=O)NCC2CCN(C(=O)COc3cccc(C(C(=O)OCC4CCN(Cc5ccccc5)CC4)c4ccccc4)c3)CC2)ccc1CNC[C@H](O)c1ccc(O)c2[nH]c(=O)ccc12. The van der Waals surface area contributed by atoms with Crippen LogP contribution in [-0.4, -0.2) is 102 Å². The van der Waals surface area contributed by atoms with Crippen molar-refractivity contribution in [3.05, 3.63) is 171 Å². The molecule has 6 aromatic rings. The number of ether oxygens (including phenoxy) is 3. The van der Waals surface area contributed by atoms with E-state index in [1.165, 1.54) is 24.8 Å². The fraction of sp³-hybridized carbons (Fsp3) is 0.345. The lowest BCUT2D eigenvalue weighted by Crippen LogP contribution is -2.43. The number of fused-ring (bicyclic) bond motifs is 1. The molecule has 14 heteroatoms. The Labute approximate surface area is 402 Å². The second-order valence-corrected chi connectivity index (χ2v) is 18.0. The molecule has 5 N–H and O–H groups in total. The van der Waals surface area contributed by atoms with Crippen LogP contribution in [0, 0.1) is 11.8 Å². The lowest BCUT2D eigenvalue weighted by Gasteiger charge is -2.32. The molecule has 2 aliphatic heterocycles. The summed E-state index contributed by atoms with van der Waals surface area (Å²) in [5.41, 5.74) is 4.58. The number of piperidine rings is 2. The van der Waals surface area contributed by atoms with Gasteiger partial charge in [-0.2, -0.15) is 0 Å². The van der Waals surface area contributed by atoms with Gasteiger partial charge < -0.3 is 44.9 Å². The van der Waals surface area contributed by atoms with Crippen LogP contribution in [0.5, 0.6) is 17.2 Å². The first-order valence-corrected chi connectivity index (χ1v) is 23.8. The minimum absolute atomic E-state index is 0.0769. The Morgan fingerprint density at radius 1 is 0.797 bits per heavy atom. The zero-order chi connectivity index (χ0) is 48.1. The Balaban J connectivity index is 0.768. The van der Waals surface area contributed by atoms with E-state index in [0.717, 1.165) is 62.0 Å². The van der Waals surface area contributed by atoms with Crippen molar-refractivity contribution in [1.29, 1.82) is 0 Å². The standard InChI is InChI=1S/C55H61N5O9/c1-67-49-30-42(15-16-43(49)32-56-33-48(62)45-17-19-47(61)53-46(45)18-20-50(63)58-53)54(65)57-31-37-23-27-60(28-24-37)51(64)36-68-44-14-8-13-41(29-44)52(40-11-6-3-7-12-40)55(66)69-35-39-21-25-59(26-22-39)34-38-9-4-2-5-10-38/h2-20,29-30,37,39,48,52,56,61-62H,21-28,31-36H2,1H3,(H,57,65)(H,58,63)/t48-,52?/m0/s1. The second kappa shape index (κ2) is 23.3. The Bertz CT molecular complexity index is 2730. The Morgan fingerprint density at radius 2 is 1.52 bits per heavy atom. The van der Waals surface area contributed by atoms with E-state index in [0.29, 0.717) is 66.7 Å². The monoisotopic (exact) mass is 935 g/mol. The molecular formula is C55H61N5O9. The largest absolute Gasteiger partial charge is 0.506 e. The summed E-state index contributed by atoms with van der Waals surface area (Å²) in [5.74, 6) is 0.138. The maximum absolute atomic E-state index is 13.8. The van der Waals surface area contributed by atoms with Crippen molar-refractivity contribution in [2.75, 3.05) is 59.6 Å². The van der Waals surface area contributed by atoms with E-state index < -0.39 is 12.0 Å². The molecule has 2 aliphatic rings. The highest BCUT2D eigenvalue weighted by atomic mass is 16.5. The third kappa shape index (κ3) is 12.8. The van der Waals surface area contributed by atoms with Gasteiger partial charge in [-0.05, 0) is 109 Å². The number of phenolic OH excluding ortho intramolecular Hbond substituents is 1. The van der Waals surface area contributed by atoms with Crippen molar-refractivity contribution in [2.45, 2.75) is 50.8 Å². The van der Waals surface area contributed by atoms with Gasteiger partial charge in [0.05, 0.1) is 25.3 Å². The van der Waals surface area contributed by atoms with Crippen molar-refractivity contribution in [1.82, 2.24) is 25.4 Å².